The van der Waals surface area contributed by atoms with Gasteiger partial charge in [0, 0.05) is 22.2 Å². The number of halogens is 2. The molecule has 2 aromatic rings. The smallest absolute Gasteiger partial charge is 0.231 e. The molecule has 3 aliphatic rings. The third kappa shape index (κ3) is 3.47. The van der Waals surface area contributed by atoms with Gasteiger partial charge in [-0.05, 0) is 47.7 Å². The van der Waals surface area contributed by atoms with Crippen molar-refractivity contribution in [3.63, 3.8) is 0 Å². The molecule has 33 heavy (non-hydrogen) atoms. The summed E-state index contributed by atoms with van der Waals surface area (Å²) in [6, 6.07) is 12.2. The number of anilines is 1. The van der Waals surface area contributed by atoms with Gasteiger partial charge in [0.1, 0.15) is 11.6 Å². The summed E-state index contributed by atoms with van der Waals surface area (Å²) in [6.45, 7) is 4.12. The molecule has 0 aromatic heterocycles. The van der Waals surface area contributed by atoms with E-state index in [1.165, 1.54) is 11.0 Å². The Balaban J connectivity index is 1.76. The van der Waals surface area contributed by atoms with Gasteiger partial charge in [0.05, 0.1) is 23.2 Å². The van der Waals surface area contributed by atoms with Crippen LogP contribution in [0.15, 0.2) is 63.5 Å². The highest BCUT2D eigenvalue weighted by atomic mass is 79.9. The van der Waals surface area contributed by atoms with Gasteiger partial charge in [-0.2, -0.15) is 5.26 Å². The second kappa shape index (κ2) is 7.63. The topological polar surface area (TPSA) is 88.6 Å². The molecule has 1 atom stereocenters. The molecule has 0 amide bonds. The molecular formula is C25H21BrFN3O3. The summed E-state index contributed by atoms with van der Waals surface area (Å²) in [5.74, 6) is 0.0216. The molecule has 5 rings (SSSR count). The van der Waals surface area contributed by atoms with Crippen molar-refractivity contribution in [3.8, 4) is 17.6 Å². The number of rotatable bonds is 2. The monoisotopic (exact) mass is 509 g/mol. The molecule has 8 heteroatoms. The van der Waals surface area contributed by atoms with Crippen LogP contribution in [0.1, 0.15) is 38.2 Å². The third-order valence-corrected chi connectivity index (χ3v) is 6.75. The van der Waals surface area contributed by atoms with Gasteiger partial charge < -0.3 is 15.2 Å². The summed E-state index contributed by atoms with van der Waals surface area (Å²) < 4.78 is 26.6. The van der Waals surface area contributed by atoms with Crippen LogP contribution >= 0.6 is 15.9 Å². The van der Waals surface area contributed by atoms with Gasteiger partial charge >= 0.3 is 0 Å². The number of carbonyl (C=O) groups is 1. The molecule has 0 radical (unpaired) electrons. The molecule has 0 spiro atoms. The Bertz CT molecular complexity index is 1310. The second-order valence-electron chi connectivity index (χ2n) is 9.19. The SMILES string of the molecule is CC1(C)CC(=O)C2=C(C1)N(c1ccc(Br)cc1F)C(N)=C(C#N)[C@H]2c1ccc2c(c1)OCO2. The number of benzene rings is 2. The number of ketones is 1. The minimum absolute atomic E-state index is 0.0771. The van der Waals surface area contributed by atoms with Crippen molar-refractivity contribution in [3.05, 3.63) is 74.9 Å². The third-order valence-electron chi connectivity index (χ3n) is 6.26. The molecular weight excluding hydrogens is 489 g/mol. The highest BCUT2D eigenvalue weighted by molar-refractivity contribution is 9.10. The zero-order valence-electron chi connectivity index (χ0n) is 18.1. The van der Waals surface area contributed by atoms with E-state index in [0.29, 0.717) is 45.6 Å². The number of Topliss-reactive ketones (excluding diaryl/α,β-unsaturated/α-hetero) is 1. The Hall–Kier alpha value is -3.31. The fourth-order valence-corrected chi connectivity index (χ4v) is 5.21. The molecule has 168 valence electrons. The lowest BCUT2D eigenvalue weighted by Crippen LogP contribution is -2.42. The van der Waals surface area contributed by atoms with E-state index in [9.17, 15) is 10.1 Å². The molecule has 0 unspecified atom stereocenters. The molecule has 2 N–H and O–H groups in total. The molecule has 6 nitrogen and oxygen atoms in total. The normalized spacial score (nSPS) is 21.2. The summed E-state index contributed by atoms with van der Waals surface area (Å²) in [6.07, 6.45) is 0.826. The zero-order valence-corrected chi connectivity index (χ0v) is 19.7. The maximum atomic E-state index is 15.1. The van der Waals surface area contributed by atoms with Gasteiger partial charge in [-0.3, -0.25) is 9.69 Å². The van der Waals surface area contributed by atoms with Crippen LogP contribution in [-0.2, 0) is 4.79 Å². The van der Waals surface area contributed by atoms with Crippen LogP contribution in [0, 0.1) is 22.6 Å². The summed E-state index contributed by atoms with van der Waals surface area (Å²) >= 11 is 3.28. The Morgan fingerprint density at radius 1 is 1.18 bits per heavy atom. The Morgan fingerprint density at radius 3 is 2.67 bits per heavy atom. The first-order chi connectivity index (χ1) is 15.7. The first kappa shape index (κ1) is 21.5. The van der Waals surface area contributed by atoms with E-state index < -0.39 is 11.7 Å². The largest absolute Gasteiger partial charge is 0.454 e. The first-order valence-corrected chi connectivity index (χ1v) is 11.3. The Morgan fingerprint density at radius 2 is 1.94 bits per heavy atom. The van der Waals surface area contributed by atoms with Crippen LogP contribution < -0.4 is 20.1 Å². The summed E-state index contributed by atoms with van der Waals surface area (Å²) in [7, 11) is 0. The average Bonchev–Trinajstić information content (AvgIpc) is 3.21. The average molecular weight is 510 g/mol. The van der Waals surface area contributed by atoms with Gasteiger partial charge in [-0.25, -0.2) is 4.39 Å². The fraction of sp³-hybridized carbons (Fsp3) is 0.280. The van der Waals surface area contributed by atoms with Crippen molar-refractivity contribution in [2.75, 3.05) is 11.7 Å². The maximum absolute atomic E-state index is 15.1. The van der Waals surface area contributed by atoms with Crippen LogP contribution in [-0.4, -0.2) is 12.6 Å². The summed E-state index contributed by atoms with van der Waals surface area (Å²) in [5, 5.41) is 10.1. The number of fused-ring (bicyclic) bond motifs is 1. The lowest BCUT2D eigenvalue weighted by Gasteiger charge is -2.43. The lowest BCUT2D eigenvalue weighted by atomic mass is 9.68. The van der Waals surface area contributed by atoms with Crippen molar-refractivity contribution in [2.24, 2.45) is 11.1 Å². The standard InChI is InChI=1S/C25H21BrFN3O3/c1-25(2)9-18-23(19(31)10-25)22(13-3-6-20-21(7-13)33-12-32-20)15(11-28)24(29)30(18)17-5-4-14(26)8-16(17)27/h3-8,22H,9-10,12,29H2,1-2H3/t22-/m1/s1. The predicted molar refractivity (Wildman–Crippen MR) is 124 cm³/mol. The van der Waals surface area contributed by atoms with E-state index in [4.69, 9.17) is 15.2 Å². The van der Waals surface area contributed by atoms with Gasteiger partial charge in [0.25, 0.3) is 0 Å². The number of nitrogens with zero attached hydrogens (tertiary/aromatic N) is 2. The summed E-state index contributed by atoms with van der Waals surface area (Å²) in [5.41, 5.74) is 8.41. The molecule has 0 saturated carbocycles. The van der Waals surface area contributed by atoms with Crippen LogP contribution in [0.25, 0.3) is 0 Å². The summed E-state index contributed by atoms with van der Waals surface area (Å²) in [4.78, 5) is 15.1. The molecule has 2 aromatic carbocycles. The molecule has 2 aliphatic heterocycles. The van der Waals surface area contributed by atoms with Crippen molar-refractivity contribution < 1.29 is 18.7 Å². The molecule has 0 saturated heterocycles. The van der Waals surface area contributed by atoms with E-state index in [2.05, 4.69) is 22.0 Å². The number of ether oxygens (including phenoxy) is 2. The minimum Gasteiger partial charge on any atom is -0.454 e. The van der Waals surface area contributed by atoms with Gasteiger partial charge in [0.15, 0.2) is 17.3 Å². The fourth-order valence-electron chi connectivity index (χ4n) is 4.87. The molecule has 1 aliphatic carbocycles. The number of nitriles is 1. The van der Waals surface area contributed by atoms with E-state index in [1.807, 2.05) is 19.9 Å². The highest BCUT2D eigenvalue weighted by Gasteiger charge is 2.45. The van der Waals surface area contributed by atoms with E-state index in [1.54, 1.807) is 24.3 Å². The first-order valence-electron chi connectivity index (χ1n) is 10.5. The van der Waals surface area contributed by atoms with Crippen molar-refractivity contribution in [1.82, 2.24) is 0 Å². The van der Waals surface area contributed by atoms with E-state index in [0.717, 1.165) is 0 Å². The Labute approximate surface area is 199 Å². The van der Waals surface area contributed by atoms with E-state index in [-0.39, 0.29) is 35.1 Å². The number of nitrogens with two attached hydrogens (primary N) is 1. The minimum atomic E-state index is -0.669. The number of hydrogen-bond acceptors (Lipinski definition) is 6. The molecule has 2 heterocycles. The predicted octanol–water partition coefficient (Wildman–Crippen LogP) is 5.26. The van der Waals surface area contributed by atoms with Gasteiger partial charge in [-0.1, -0.05) is 35.8 Å². The Kier molecular flexibility index (Phi) is 4.98. The highest BCUT2D eigenvalue weighted by Crippen LogP contribution is 2.51. The molecule has 0 fully saturated rings. The lowest BCUT2D eigenvalue weighted by molar-refractivity contribution is -0.118. The van der Waals surface area contributed by atoms with Gasteiger partial charge in [-0.15, -0.1) is 0 Å². The number of hydrogen-bond donors (Lipinski definition) is 1. The second-order valence-corrected chi connectivity index (χ2v) is 10.1. The number of carbonyl (C=O) groups excluding carboxylic acids is 1. The van der Waals surface area contributed by atoms with Crippen molar-refractivity contribution in [2.45, 2.75) is 32.6 Å². The van der Waals surface area contributed by atoms with Gasteiger partial charge in [0.2, 0.25) is 6.79 Å². The quantitative estimate of drug-likeness (QED) is 0.593. The van der Waals surface area contributed by atoms with Crippen LogP contribution in [0.5, 0.6) is 11.5 Å². The van der Waals surface area contributed by atoms with Crippen LogP contribution in [0.3, 0.4) is 0 Å². The zero-order chi connectivity index (χ0) is 23.5. The van der Waals surface area contributed by atoms with Crippen molar-refractivity contribution >= 4 is 27.4 Å². The van der Waals surface area contributed by atoms with Crippen LogP contribution in [0.4, 0.5) is 10.1 Å². The van der Waals surface area contributed by atoms with Crippen LogP contribution in [0.2, 0.25) is 0 Å². The number of allylic oxidation sites excluding steroid dienone is 3. The van der Waals surface area contributed by atoms with E-state index >= 15 is 4.39 Å². The van der Waals surface area contributed by atoms with Crippen molar-refractivity contribution in [1.29, 1.82) is 5.26 Å². The molecule has 0 bridgehead atoms. The maximum Gasteiger partial charge on any atom is 0.231 e.